The number of carbonyl (C=O) groups excluding carboxylic acids is 1. The molecule has 0 bridgehead atoms. The molecule has 0 aromatic heterocycles. The predicted octanol–water partition coefficient (Wildman–Crippen LogP) is 0.661. The highest BCUT2D eigenvalue weighted by atomic mass is 32.2. The van der Waals surface area contributed by atoms with Crippen LogP contribution in [-0.4, -0.2) is 26.9 Å². The maximum Gasteiger partial charge on any atom is 0.241 e. The van der Waals surface area contributed by atoms with Crippen molar-refractivity contribution in [1.29, 1.82) is 0 Å². The second-order valence-electron chi connectivity index (χ2n) is 4.20. The third kappa shape index (κ3) is 4.53. The lowest BCUT2D eigenvalue weighted by molar-refractivity contribution is -0.119. The van der Waals surface area contributed by atoms with Gasteiger partial charge in [-0.2, -0.15) is 4.72 Å². The SMILES string of the molecule is CCCNc1ccc(S(=O)(=O)NC(C)C(N)=O)cc1. The summed E-state index contributed by atoms with van der Waals surface area (Å²) in [4.78, 5) is 11.0. The maximum absolute atomic E-state index is 11.9. The Hall–Kier alpha value is -1.60. The van der Waals surface area contributed by atoms with Crippen LogP contribution in [0.5, 0.6) is 0 Å². The van der Waals surface area contributed by atoms with Crippen molar-refractivity contribution in [3.63, 3.8) is 0 Å². The summed E-state index contributed by atoms with van der Waals surface area (Å²) in [6.07, 6.45) is 0.984. The van der Waals surface area contributed by atoms with E-state index in [1.807, 2.05) is 6.92 Å². The van der Waals surface area contributed by atoms with E-state index < -0.39 is 22.0 Å². The van der Waals surface area contributed by atoms with Gasteiger partial charge in [0.2, 0.25) is 15.9 Å². The van der Waals surface area contributed by atoms with Gasteiger partial charge in [0.1, 0.15) is 0 Å². The molecule has 0 aliphatic carbocycles. The Labute approximate surface area is 113 Å². The number of rotatable bonds is 7. The maximum atomic E-state index is 11.9. The number of primary amides is 1. The average Bonchev–Trinajstić information content (AvgIpc) is 2.36. The highest BCUT2D eigenvalue weighted by Crippen LogP contribution is 2.14. The van der Waals surface area contributed by atoms with Crippen molar-refractivity contribution in [2.45, 2.75) is 31.2 Å². The van der Waals surface area contributed by atoms with Crippen LogP contribution in [0, 0.1) is 0 Å². The van der Waals surface area contributed by atoms with E-state index in [1.165, 1.54) is 19.1 Å². The van der Waals surface area contributed by atoms with Gasteiger partial charge in [0.15, 0.2) is 0 Å². The lowest BCUT2D eigenvalue weighted by Gasteiger charge is -2.11. The molecule has 6 nitrogen and oxygen atoms in total. The van der Waals surface area contributed by atoms with Crippen molar-refractivity contribution in [2.24, 2.45) is 5.73 Å². The van der Waals surface area contributed by atoms with E-state index in [4.69, 9.17) is 5.73 Å². The molecule has 19 heavy (non-hydrogen) atoms. The lowest BCUT2D eigenvalue weighted by atomic mass is 10.3. The van der Waals surface area contributed by atoms with Gasteiger partial charge in [0, 0.05) is 12.2 Å². The quantitative estimate of drug-likeness (QED) is 0.685. The Kier molecular flexibility index (Phi) is 5.31. The Morgan fingerprint density at radius 3 is 2.37 bits per heavy atom. The molecule has 1 amide bonds. The summed E-state index contributed by atoms with van der Waals surface area (Å²) in [5, 5.41) is 3.14. The fourth-order valence-electron chi connectivity index (χ4n) is 1.38. The molecule has 0 aliphatic heterocycles. The summed E-state index contributed by atoms with van der Waals surface area (Å²) in [6.45, 7) is 4.26. The molecule has 1 unspecified atom stereocenters. The van der Waals surface area contributed by atoms with Crippen molar-refractivity contribution >= 4 is 21.6 Å². The standard InChI is InChI=1S/C12H19N3O3S/c1-3-8-14-10-4-6-11(7-5-10)19(17,18)15-9(2)12(13)16/h4-7,9,14-15H,3,8H2,1-2H3,(H2,13,16). The van der Waals surface area contributed by atoms with Crippen molar-refractivity contribution in [3.8, 4) is 0 Å². The van der Waals surface area contributed by atoms with Gasteiger partial charge < -0.3 is 11.1 Å². The van der Waals surface area contributed by atoms with E-state index in [9.17, 15) is 13.2 Å². The molecule has 1 rings (SSSR count). The molecule has 0 aliphatic rings. The third-order valence-corrected chi connectivity index (χ3v) is 4.06. The molecule has 0 heterocycles. The van der Waals surface area contributed by atoms with E-state index in [1.54, 1.807) is 12.1 Å². The molecule has 0 fully saturated rings. The zero-order chi connectivity index (χ0) is 14.5. The predicted molar refractivity (Wildman–Crippen MR) is 74.2 cm³/mol. The number of sulfonamides is 1. The molecule has 7 heteroatoms. The van der Waals surface area contributed by atoms with Crippen molar-refractivity contribution in [1.82, 2.24) is 4.72 Å². The van der Waals surface area contributed by atoms with Gasteiger partial charge in [-0.25, -0.2) is 8.42 Å². The van der Waals surface area contributed by atoms with Crippen LogP contribution in [0.2, 0.25) is 0 Å². The Bertz CT molecular complexity index is 526. The minimum atomic E-state index is -3.72. The lowest BCUT2D eigenvalue weighted by Crippen LogP contribution is -2.42. The van der Waals surface area contributed by atoms with E-state index in [2.05, 4.69) is 10.0 Å². The first-order valence-corrected chi connectivity index (χ1v) is 7.50. The zero-order valence-electron chi connectivity index (χ0n) is 11.0. The number of nitrogens with one attached hydrogen (secondary N) is 2. The third-order valence-electron chi connectivity index (χ3n) is 2.50. The van der Waals surface area contributed by atoms with E-state index in [0.717, 1.165) is 18.7 Å². The molecule has 1 aromatic rings. The highest BCUT2D eigenvalue weighted by Gasteiger charge is 2.19. The molecule has 4 N–H and O–H groups in total. The van der Waals surface area contributed by atoms with E-state index >= 15 is 0 Å². The van der Waals surface area contributed by atoms with Crippen LogP contribution in [-0.2, 0) is 14.8 Å². The first-order valence-electron chi connectivity index (χ1n) is 6.02. The molecular formula is C12H19N3O3S. The first-order chi connectivity index (χ1) is 8.86. The van der Waals surface area contributed by atoms with Gasteiger partial charge in [-0.3, -0.25) is 4.79 Å². The number of hydrogen-bond donors (Lipinski definition) is 3. The molecule has 0 spiro atoms. The van der Waals surface area contributed by atoms with E-state index in [-0.39, 0.29) is 4.90 Å². The summed E-state index contributed by atoms with van der Waals surface area (Å²) in [5.74, 6) is -0.718. The highest BCUT2D eigenvalue weighted by molar-refractivity contribution is 7.89. The monoisotopic (exact) mass is 285 g/mol. The van der Waals surface area contributed by atoms with Crippen LogP contribution in [0.4, 0.5) is 5.69 Å². The number of hydrogen-bond acceptors (Lipinski definition) is 4. The summed E-state index contributed by atoms with van der Waals surface area (Å²) in [7, 11) is -3.72. The van der Waals surface area contributed by atoms with Gasteiger partial charge >= 0.3 is 0 Å². The fraction of sp³-hybridized carbons (Fsp3) is 0.417. The molecule has 0 radical (unpaired) electrons. The van der Waals surface area contributed by atoms with Crippen LogP contribution in [0.3, 0.4) is 0 Å². The number of carbonyl (C=O) groups is 1. The summed E-state index contributed by atoms with van der Waals surface area (Å²) < 4.78 is 26.1. The van der Waals surface area contributed by atoms with Gasteiger partial charge in [0.05, 0.1) is 10.9 Å². The van der Waals surface area contributed by atoms with Gasteiger partial charge in [-0.1, -0.05) is 6.92 Å². The van der Waals surface area contributed by atoms with Gasteiger partial charge in [-0.15, -0.1) is 0 Å². The Morgan fingerprint density at radius 1 is 1.32 bits per heavy atom. The van der Waals surface area contributed by atoms with Crippen LogP contribution < -0.4 is 15.8 Å². The number of anilines is 1. The summed E-state index contributed by atoms with van der Waals surface area (Å²) in [5.41, 5.74) is 5.88. The average molecular weight is 285 g/mol. The minimum absolute atomic E-state index is 0.0997. The first kappa shape index (κ1) is 15.5. The molecule has 1 aromatic carbocycles. The molecule has 1 atom stereocenters. The minimum Gasteiger partial charge on any atom is -0.385 e. The number of amides is 1. The van der Waals surface area contributed by atoms with Gasteiger partial charge in [0.25, 0.3) is 0 Å². The fourth-order valence-corrected chi connectivity index (χ4v) is 2.59. The normalized spacial score (nSPS) is 12.9. The van der Waals surface area contributed by atoms with Crippen LogP contribution >= 0.6 is 0 Å². The van der Waals surface area contributed by atoms with Crippen molar-refractivity contribution in [2.75, 3.05) is 11.9 Å². The van der Waals surface area contributed by atoms with E-state index in [0.29, 0.717) is 0 Å². The smallest absolute Gasteiger partial charge is 0.241 e. The largest absolute Gasteiger partial charge is 0.385 e. The molecule has 106 valence electrons. The summed E-state index contributed by atoms with van der Waals surface area (Å²) in [6, 6.07) is 5.38. The van der Waals surface area contributed by atoms with Crippen LogP contribution in [0.25, 0.3) is 0 Å². The molecule has 0 saturated carbocycles. The summed E-state index contributed by atoms with van der Waals surface area (Å²) >= 11 is 0. The topological polar surface area (TPSA) is 101 Å². The van der Waals surface area contributed by atoms with Gasteiger partial charge in [-0.05, 0) is 37.6 Å². The molecule has 0 saturated heterocycles. The van der Waals surface area contributed by atoms with Crippen molar-refractivity contribution < 1.29 is 13.2 Å². The zero-order valence-corrected chi connectivity index (χ0v) is 11.8. The molecular weight excluding hydrogens is 266 g/mol. The number of nitrogens with two attached hydrogens (primary N) is 1. The Morgan fingerprint density at radius 2 is 1.89 bits per heavy atom. The van der Waals surface area contributed by atoms with Crippen molar-refractivity contribution in [3.05, 3.63) is 24.3 Å². The Balaban J connectivity index is 2.81. The number of benzene rings is 1. The second-order valence-corrected chi connectivity index (χ2v) is 5.91. The second kappa shape index (κ2) is 6.53. The van der Waals surface area contributed by atoms with Crippen LogP contribution in [0.1, 0.15) is 20.3 Å². The van der Waals surface area contributed by atoms with Crippen LogP contribution in [0.15, 0.2) is 29.2 Å².